The van der Waals surface area contributed by atoms with Gasteiger partial charge in [0.05, 0.1) is 9.37 Å². The number of sulfonamides is 1. The number of halogens is 2. The number of benzene rings is 1. The minimum Gasteiger partial charge on any atom is -0.357 e. The molecule has 0 radical (unpaired) electrons. The van der Waals surface area contributed by atoms with Gasteiger partial charge in [0.25, 0.3) is 0 Å². The van der Waals surface area contributed by atoms with E-state index in [-0.39, 0.29) is 15.9 Å². The number of nitrogens with one attached hydrogen (secondary N) is 1. The van der Waals surface area contributed by atoms with Crippen LogP contribution < -0.4 is 4.72 Å². The van der Waals surface area contributed by atoms with Gasteiger partial charge < -0.3 is 4.57 Å². The molecule has 0 spiro atoms. The normalized spacial score (nSPS) is 11.7. The highest BCUT2D eigenvalue weighted by Gasteiger charge is 2.15. The van der Waals surface area contributed by atoms with Crippen molar-refractivity contribution in [2.24, 2.45) is 7.05 Å². The summed E-state index contributed by atoms with van der Waals surface area (Å²) in [4.78, 5) is -0.0934. The molecule has 2 rings (SSSR count). The van der Waals surface area contributed by atoms with Gasteiger partial charge in [-0.15, -0.1) is 0 Å². The summed E-state index contributed by atoms with van der Waals surface area (Å²) in [6.45, 7) is 0.168. The summed E-state index contributed by atoms with van der Waals surface area (Å²) in [5, 5.41) is 0. The molecule has 0 aliphatic heterocycles. The maximum absolute atomic E-state index is 13.3. The van der Waals surface area contributed by atoms with Crippen LogP contribution in [0.4, 0.5) is 4.39 Å². The van der Waals surface area contributed by atoms with Crippen molar-refractivity contribution in [3.63, 3.8) is 0 Å². The molecule has 1 N–H and O–H groups in total. The van der Waals surface area contributed by atoms with Crippen LogP contribution in [0.15, 0.2) is 46.0 Å². The second-order valence-electron chi connectivity index (χ2n) is 4.09. The summed E-state index contributed by atoms with van der Waals surface area (Å²) >= 11 is 2.98. The maximum atomic E-state index is 13.3. The molecule has 0 amide bonds. The number of aryl methyl sites for hydroxylation is 1. The molecule has 0 saturated carbocycles. The lowest BCUT2D eigenvalue weighted by Gasteiger charge is -2.06. The third kappa shape index (κ3) is 3.43. The van der Waals surface area contributed by atoms with Gasteiger partial charge in [-0.25, -0.2) is 17.5 Å². The molecule has 0 fully saturated rings. The molecule has 4 nitrogen and oxygen atoms in total. The first-order valence-electron chi connectivity index (χ1n) is 5.44. The Kier molecular flexibility index (Phi) is 4.07. The van der Waals surface area contributed by atoms with Crippen LogP contribution in [-0.4, -0.2) is 13.0 Å². The standard InChI is InChI=1S/C12H12BrFN2O2S/c1-16-5-4-9(8-16)7-15-19(17,18)10-2-3-11(13)12(14)6-10/h2-6,8,15H,7H2,1H3. The predicted octanol–water partition coefficient (Wildman–Crippen LogP) is 2.41. The van der Waals surface area contributed by atoms with Gasteiger partial charge in [0, 0.05) is 26.0 Å². The van der Waals surface area contributed by atoms with Crippen molar-refractivity contribution in [3.05, 3.63) is 52.5 Å². The minimum absolute atomic E-state index is 0.0934. The average Bonchev–Trinajstić information content (AvgIpc) is 2.76. The number of nitrogens with zero attached hydrogens (tertiary/aromatic N) is 1. The van der Waals surface area contributed by atoms with Crippen LogP contribution in [0.5, 0.6) is 0 Å². The molecule has 0 aliphatic rings. The lowest BCUT2D eigenvalue weighted by molar-refractivity contribution is 0.576. The molecule has 0 bridgehead atoms. The first-order chi connectivity index (χ1) is 8.88. The van der Waals surface area contributed by atoms with E-state index in [0.717, 1.165) is 11.6 Å². The quantitative estimate of drug-likeness (QED) is 0.924. The molecular formula is C12H12BrFN2O2S. The van der Waals surface area contributed by atoms with Crippen LogP contribution in [0.25, 0.3) is 0 Å². The van der Waals surface area contributed by atoms with Crippen molar-refractivity contribution in [1.82, 2.24) is 9.29 Å². The van der Waals surface area contributed by atoms with Gasteiger partial charge in [-0.3, -0.25) is 0 Å². The summed E-state index contributed by atoms with van der Waals surface area (Å²) in [5.41, 5.74) is 0.837. The van der Waals surface area contributed by atoms with Gasteiger partial charge in [0.2, 0.25) is 10.0 Å². The van der Waals surface area contributed by atoms with E-state index in [0.29, 0.717) is 0 Å². The molecule has 19 heavy (non-hydrogen) atoms. The van der Waals surface area contributed by atoms with E-state index >= 15 is 0 Å². The molecular weight excluding hydrogens is 335 g/mol. The van der Waals surface area contributed by atoms with Crippen LogP contribution in [-0.2, 0) is 23.6 Å². The Morgan fingerprint density at radius 2 is 2.11 bits per heavy atom. The van der Waals surface area contributed by atoms with Gasteiger partial charge in [-0.1, -0.05) is 0 Å². The van der Waals surface area contributed by atoms with Crippen LogP contribution in [0, 0.1) is 5.82 Å². The smallest absolute Gasteiger partial charge is 0.240 e. The Bertz CT molecular complexity index is 698. The van der Waals surface area contributed by atoms with E-state index in [9.17, 15) is 12.8 Å². The van der Waals surface area contributed by atoms with Crippen LogP contribution in [0.1, 0.15) is 5.56 Å². The molecule has 7 heteroatoms. The van der Waals surface area contributed by atoms with Crippen LogP contribution in [0.2, 0.25) is 0 Å². The molecule has 0 atom stereocenters. The topological polar surface area (TPSA) is 51.1 Å². The second kappa shape index (κ2) is 5.44. The SMILES string of the molecule is Cn1ccc(CNS(=O)(=O)c2ccc(Br)c(F)c2)c1. The van der Waals surface area contributed by atoms with Crippen LogP contribution in [0.3, 0.4) is 0 Å². The zero-order valence-electron chi connectivity index (χ0n) is 10.1. The zero-order valence-corrected chi connectivity index (χ0v) is 12.5. The number of hydrogen-bond donors (Lipinski definition) is 1. The molecule has 1 aromatic heterocycles. The summed E-state index contributed by atoms with van der Waals surface area (Å²) in [5.74, 6) is -0.609. The average molecular weight is 347 g/mol. The Morgan fingerprint density at radius 3 is 2.68 bits per heavy atom. The minimum atomic E-state index is -3.71. The fourth-order valence-electron chi connectivity index (χ4n) is 1.57. The van der Waals surface area contributed by atoms with Gasteiger partial charge in [-0.2, -0.15) is 0 Å². The highest BCUT2D eigenvalue weighted by molar-refractivity contribution is 9.10. The van der Waals surface area contributed by atoms with E-state index in [4.69, 9.17) is 0 Å². The van der Waals surface area contributed by atoms with Crippen molar-refractivity contribution in [2.75, 3.05) is 0 Å². The van der Waals surface area contributed by atoms with Gasteiger partial charge in [0.15, 0.2) is 0 Å². The molecule has 2 aromatic rings. The fraction of sp³-hybridized carbons (Fsp3) is 0.167. The van der Waals surface area contributed by atoms with Crippen LogP contribution >= 0.6 is 15.9 Å². The molecule has 1 heterocycles. The molecule has 102 valence electrons. The number of aromatic nitrogens is 1. The van der Waals surface area contributed by atoms with Crippen molar-refractivity contribution >= 4 is 26.0 Å². The van der Waals surface area contributed by atoms with Crippen molar-refractivity contribution in [2.45, 2.75) is 11.4 Å². The lowest BCUT2D eigenvalue weighted by Crippen LogP contribution is -2.23. The van der Waals surface area contributed by atoms with Gasteiger partial charge in [-0.05, 0) is 45.8 Å². The van der Waals surface area contributed by atoms with Crippen molar-refractivity contribution < 1.29 is 12.8 Å². The van der Waals surface area contributed by atoms with E-state index in [1.54, 1.807) is 0 Å². The van der Waals surface area contributed by atoms with E-state index in [1.165, 1.54) is 12.1 Å². The summed E-state index contributed by atoms with van der Waals surface area (Å²) in [6.07, 6.45) is 3.63. The van der Waals surface area contributed by atoms with Crippen molar-refractivity contribution in [3.8, 4) is 0 Å². The zero-order chi connectivity index (χ0) is 14.0. The maximum Gasteiger partial charge on any atom is 0.240 e. The van der Waals surface area contributed by atoms with E-state index < -0.39 is 15.8 Å². The Labute approximate surface area is 119 Å². The second-order valence-corrected chi connectivity index (χ2v) is 6.71. The lowest BCUT2D eigenvalue weighted by atomic mass is 10.3. The van der Waals surface area contributed by atoms with E-state index in [1.807, 2.05) is 30.1 Å². The summed E-state index contributed by atoms with van der Waals surface area (Å²) in [7, 11) is -1.86. The van der Waals surface area contributed by atoms with Gasteiger partial charge in [0.1, 0.15) is 5.82 Å². The van der Waals surface area contributed by atoms with Crippen molar-refractivity contribution in [1.29, 1.82) is 0 Å². The fourth-order valence-corrected chi connectivity index (χ4v) is 2.85. The molecule has 1 aromatic carbocycles. The largest absolute Gasteiger partial charge is 0.357 e. The highest BCUT2D eigenvalue weighted by atomic mass is 79.9. The third-order valence-electron chi connectivity index (χ3n) is 2.56. The monoisotopic (exact) mass is 346 g/mol. The summed E-state index contributed by atoms with van der Waals surface area (Å²) in [6, 6.07) is 5.51. The predicted molar refractivity (Wildman–Crippen MR) is 73.5 cm³/mol. The third-order valence-corrected chi connectivity index (χ3v) is 4.60. The first-order valence-corrected chi connectivity index (χ1v) is 7.72. The molecule has 0 saturated heterocycles. The number of hydrogen-bond acceptors (Lipinski definition) is 2. The molecule has 0 unspecified atom stereocenters. The highest BCUT2D eigenvalue weighted by Crippen LogP contribution is 2.19. The first kappa shape index (κ1) is 14.2. The number of rotatable bonds is 4. The Balaban J connectivity index is 2.16. The van der Waals surface area contributed by atoms with E-state index in [2.05, 4.69) is 20.7 Å². The Hall–Kier alpha value is -1.18. The molecule has 0 aliphatic carbocycles. The summed E-state index contributed by atoms with van der Waals surface area (Å²) < 4.78 is 41.8. The van der Waals surface area contributed by atoms with Gasteiger partial charge >= 0.3 is 0 Å². The Morgan fingerprint density at radius 1 is 1.37 bits per heavy atom.